The molecular formula is C17H13N5S. The maximum absolute atomic E-state index is 4.27. The molecule has 0 radical (unpaired) electrons. The van der Waals surface area contributed by atoms with Crippen LogP contribution < -0.4 is 5.43 Å². The summed E-state index contributed by atoms with van der Waals surface area (Å²) in [5.41, 5.74) is 6.60. The van der Waals surface area contributed by atoms with Gasteiger partial charge in [-0.2, -0.15) is 5.10 Å². The lowest BCUT2D eigenvalue weighted by atomic mass is 10.1. The zero-order chi connectivity index (χ0) is 15.9. The molecule has 0 amide bonds. The van der Waals surface area contributed by atoms with E-state index in [9.17, 15) is 0 Å². The van der Waals surface area contributed by atoms with Gasteiger partial charge in [0.1, 0.15) is 6.33 Å². The third-order valence-electron chi connectivity index (χ3n) is 2.82. The molecule has 0 saturated heterocycles. The summed E-state index contributed by atoms with van der Waals surface area (Å²) in [6.45, 7) is 1.95. The molecule has 0 spiro atoms. The minimum atomic E-state index is 0.784. The fraction of sp³-hybridized carbons (Fsp3) is 0.0588. The van der Waals surface area contributed by atoms with Crippen molar-refractivity contribution in [3.63, 3.8) is 0 Å². The highest BCUT2D eigenvalue weighted by Gasteiger charge is 1.94. The maximum Gasteiger partial charge on any atom is 0.203 e. The number of rotatable bonds is 3. The van der Waals surface area contributed by atoms with Gasteiger partial charge in [-0.1, -0.05) is 24.0 Å². The molecular weight excluding hydrogens is 306 g/mol. The Balaban J connectivity index is 1.62. The molecule has 1 aromatic carbocycles. The SMILES string of the molecule is Cc1csc(NN=Cc2ccc(C#Cc3cncnc3)cc2)n1. The van der Waals surface area contributed by atoms with E-state index in [0.29, 0.717) is 0 Å². The lowest BCUT2D eigenvalue weighted by Crippen LogP contribution is -1.90. The molecule has 23 heavy (non-hydrogen) atoms. The van der Waals surface area contributed by atoms with Crippen LogP contribution in [-0.2, 0) is 0 Å². The molecule has 3 rings (SSSR count). The van der Waals surface area contributed by atoms with Gasteiger partial charge in [0.2, 0.25) is 5.13 Å². The fourth-order valence-electron chi connectivity index (χ4n) is 1.73. The molecule has 2 heterocycles. The summed E-state index contributed by atoms with van der Waals surface area (Å²) in [6.07, 6.45) is 6.61. The first-order chi connectivity index (χ1) is 11.3. The standard InChI is InChI=1S/C17H13N5S/c1-13-11-23-17(21-13)22-20-10-15-5-2-14(3-6-15)4-7-16-8-18-12-19-9-16/h2-3,5-6,8-12H,1H3,(H,21,22). The van der Waals surface area contributed by atoms with E-state index >= 15 is 0 Å². The molecule has 0 fully saturated rings. The van der Waals surface area contributed by atoms with Crippen molar-refractivity contribution in [2.75, 3.05) is 5.43 Å². The van der Waals surface area contributed by atoms with Crippen molar-refractivity contribution in [1.29, 1.82) is 0 Å². The summed E-state index contributed by atoms with van der Waals surface area (Å²) >= 11 is 1.53. The molecule has 0 aliphatic rings. The molecule has 112 valence electrons. The van der Waals surface area contributed by atoms with Crippen LogP contribution in [0.4, 0.5) is 5.13 Å². The summed E-state index contributed by atoms with van der Waals surface area (Å²) < 4.78 is 0. The quantitative estimate of drug-likeness (QED) is 0.458. The number of anilines is 1. The lowest BCUT2D eigenvalue weighted by molar-refractivity contribution is 1.16. The minimum Gasteiger partial charge on any atom is -0.253 e. The normalized spacial score (nSPS) is 10.3. The second-order valence-electron chi connectivity index (χ2n) is 4.66. The van der Waals surface area contributed by atoms with E-state index < -0.39 is 0 Å². The Labute approximate surface area is 138 Å². The van der Waals surface area contributed by atoms with Gasteiger partial charge in [0, 0.05) is 23.3 Å². The first-order valence-electron chi connectivity index (χ1n) is 6.88. The van der Waals surface area contributed by atoms with Crippen LogP contribution in [-0.4, -0.2) is 21.2 Å². The zero-order valence-electron chi connectivity index (χ0n) is 12.4. The van der Waals surface area contributed by atoms with Crippen molar-refractivity contribution in [3.05, 3.63) is 70.8 Å². The number of benzene rings is 1. The number of hydrogen-bond acceptors (Lipinski definition) is 6. The van der Waals surface area contributed by atoms with Crippen LogP contribution >= 0.6 is 11.3 Å². The molecule has 0 aliphatic carbocycles. The van der Waals surface area contributed by atoms with Crippen molar-refractivity contribution in [2.24, 2.45) is 5.10 Å². The van der Waals surface area contributed by atoms with Crippen LogP contribution in [0.1, 0.15) is 22.4 Å². The third-order valence-corrected chi connectivity index (χ3v) is 3.68. The first-order valence-corrected chi connectivity index (χ1v) is 7.76. The van der Waals surface area contributed by atoms with E-state index in [1.165, 1.54) is 17.7 Å². The van der Waals surface area contributed by atoms with E-state index in [4.69, 9.17) is 0 Å². The summed E-state index contributed by atoms with van der Waals surface area (Å²) in [4.78, 5) is 12.1. The number of aryl methyl sites for hydroxylation is 1. The largest absolute Gasteiger partial charge is 0.253 e. The van der Waals surface area contributed by atoms with E-state index in [-0.39, 0.29) is 0 Å². The Hall–Kier alpha value is -3.04. The van der Waals surface area contributed by atoms with Crippen LogP contribution in [0, 0.1) is 18.8 Å². The van der Waals surface area contributed by atoms with Gasteiger partial charge in [-0.15, -0.1) is 11.3 Å². The second kappa shape index (κ2) is 7.29. The molecule has 0 unspecified atom stereocenters. The average molecular weight is 319 g/mol. The highest BCUT2D eigenvalue weighted by molar-refractivity contribution is 7.13. The van der Waals surface area contributed by atoms with Crippen LogP contribution in [0.15, 0.2) is 53.5 Å². The predicted octanol–water partition coefficient (Wildman–Crippen LogP) is 3.09. The number of thiazole rings is 1. The number of hydrogen-bond donors (Lipinski definition) is 1. The Morgan fingerprint density at radius 1 is 1.09 bits per heavy atom. The summed E-state index contributed by atoms with van der Waals surface area (Å²) in [7, 11) is 0. The number of hydrazone groups is 1. The highest BCUT2D eigenvalue weighted by Crippen LogP contribution is 2.13. The monoisotopic (exact) mass is 319 g/mol. The van der Waals surface area contributed by atoms with E-state index in [0.717, 1.165) is 27.5 Å². The molecule has 0 aliphatic heterocycles. The third kappa shape index (κ3) is 4.46. The van der Waals surface area contributed by atoms with E-state index in [1.807, 2.05) is 36.6 Å². The van der Waals surface area contributed by atoms with Gasteiger partial charge < -0.3 is 0 Å². The molecule has 6 heteroatoms. The molecule has 0 bridgehead atoms. The molecule has 0 saturated carbocycles. The maximum atomic E-state index is 4.27. The average Bonchev–Trinajstić information content (AvgIpc) is 3.00. The van der Waals surface area contributed by atoms with Crippen LogP contribution in [0.25, 0.3) is 0 Å². The molecule has 2 aromatic heterocycles. The van der Waals surface area contributed by atoms with Gasteiger partial charge in [0.05, 0.1) is 17.5 Å². The lowest BCUT2D eigenvalue weighted by Gasteiger charge is -1.95. The molecule has 3 aromatic rings. The van der Waals surface area contributed by atoms with Gasteiger partial charge in [0.15, 0.2) is 0 Å². The molecule has 1 N–H and O–H groups in total. The van der Waals surface area contributed by atoms with E-state index in [2.05, 4.69) is 37.3 Å². The van der Waals surface area contributed by atoms with Gasteiger partial charge >= 0.3 is 0 Å². The van der Waals surface area contributed by atoms with Gasteiger partial charge in [-0.25, -0.2) is 15.0 Å². The summed E-state index contributed by atoms with van der Waals surface area (Å²) in [6, 6.07) is 7.82. The predicted molar refractivity (Wildman–Crippen MR) is 92.5 cm³/mol. The van der Waals surface area contributed by atoms with E-state index in [1.54, 1.807) is 18.6 Å². The molecule has 0 atom stereocenters. The fourth-order valence-corrected chi connectivity index (χ4v) is 2.36. The number of aromatic nitrogens is 3. The van der Waals surface area contributed by atoms with Gasteiger partial charge in [0.25, 0.3) is 0 Å². The smallest absolute Gasteiger partial charge is 0.203 e. The zero-order valence-corrected chi connectivity index (χ0v) is 13.2. The van der Waals surface area contributed by atoms with Gasteiger partial charge in [-0.3, -0.25) is 5.43 Å². The minimum absolute atomic E-state index is 0.784. The number of nitrogens with one attached hydrogen (secondary N) is 1. The Bertz CT molecular complexity index is 857. The Morgan fingerprint density at radius 2 is 1.83 bits per heavy atom. The second-order valence-corrected chi connectivity index (χ2v) is 5.52. The van der Waals surface area contributed by atoms with Crippen molar-refractivity contribution in [3.8, 4) is 11.8 Å². The van der Waals surface area contributed by atoms with Crippen LogP contribution in [0.2, 0.25) is 0 Å². The van der Waals surface area contributed by atoms with Crippen LogP contribution in [0.3, 0.4) is 0 Å². The highest BCUT2D eigenvalue weighted by atomic mass is 32.1. The Kier molecular flexibility index (Phi) is 4.72. The molecule has 5 nitrogen and oxygen atoms in total. The summed E-state index contributed by atoms with van der Waals surface area (Å²) in [5, 5.41) is 6.93. The van der Waals surface area contributed by atoms with Crippen molar-refractivity contribution in [1.82, 2.24) is 15.0 Å². The number of nitrogens with zero attached hydrogens (tertiary/aromatic N) is 4. The van der Waals surface area contributed by atoms with Crippen molar-refractivity contribution in [2.45, 2.75) is 6.92 Å². The Morgan fingerprint density at radius 3 is 2.52 bits per heavy atom. The topological polar surface area (TPSA) is 63.1 Å². The first kappa shape index (κ1) is 14.9. The summed E-state index contributed by atoms with van der Waals surface area (Å²) in [5.74, 6) is 6.09. The van der Waals surface area contributed by atoms with Crippen LogP contribution in [0.5, 0.6) is 0 Å². The van der Waals surface area contributed by atoms with Crippen molar-refractivity contribution >= 4 is 22.7 Å². The van der Waals surface area contributed by atoms with Gasteiger partial charge in [-0.05, 0) is 24.6 Å². The van der Waals surface area contributed by atoms with Crippen molar-refractivity contribution < 1.29 is 0 Å².